The number of nitrogens with one attached hydrogen (secondary N) is 1. The maximum Gasteiger partial charge on any atom is 0.0243 e. The first-order valence-corrected chi connectivity index (χ1v) is 7.47. The summed E-state index contributed by atoms with van der Waals surface area (Å²) in [6.07, 6.45) is 2.51. The predicted molar refractivity (Wildman–Crippen MR) is 78.5 cm³/mol. The third kappa shape index (κ3) is 7.77. The lowest BCUT2D eigenvalue weighted by Crippen LogP contribution is -2.46. The molecule has 0 fully saturated rings. The van der Waals surface area contributed by atoms with E-state index >= 15 is 0 Å². The van der Waals surface area contributed by atoms with Crippen LogP contribution in [0.4, 0.5) is 0 Å². The molecule has 17 heavy (non-hydrogen) atoms. The number of hydrogen-bond donors (Lipinski definition) is 1. The predicted octanol–water partition coefficient (Wildman–Crippen LogP) is 3.38. The van der Waals surface area contributed by atoms with Crippen LogP contribution in [0.25, 0.3) is 0 Å². The van der Waals surface area contributed by atoms with E-state index in [0.717, 1.165) is 24.9 Å². The van der Waals surface area contributed by atoms with Crippen LogP contribution in [-0.4, -0.2) is 37.1 Å². The number of nitrogens with zero attached hydrogens (tertiary/aromatic N) is 1. The fraction of sp³-hybridized carbons (Fsp3) is 1.00. The molecule has 0 heterocycles. The number of rotatable bonds is 10. The summed E-state index contributed by atoms with van der Waals surface area (Å²) in [7, 11) is 0. The molecule has 0 aromatic heterocycles. The SMILES string of the molecule is CCCN(CCC)C(CNCC(C)C)C(C)C. The van der Waals surface area contributed by atoms with Crippen LogP contribution in [0.1, 0.15) is 54.4 Å². The van der Waals surface area contributed by atoms with Crippen molar-refractivity contribution >= 4 is 0 Å². The van der Waals surface area contributed by atoms with E-state index in [1.54, 1.807) is 0 Å². The lowest BCUT2D eigenvalue weighted by molar-refractivity contribution is 0.150. The van der Waals surface area contributed by atoms with Crippen molar-refractivity contribution < 1.29 is 0 Å². The van der Waals surface area contributed by atoms with Gasteiger partial charge in [0, 0.05) is 12.6 Å². The summed E-state index contributed by atoms with van der Waals surface area (Å²) in [6.45, 7) is 18.5. The Morgan fingerprint density at radius 3 is 1.76 bits per heavy atom. The highest BCUT2D eigenvalue weighted by Gasteiger charge is 2.20. The minimum absolute atomic E-state index is 0.689. The maximum absolute atomic E-state index is 3.62. The highest BCUT2D eigenvalue weighted by atomic mass is 15.2. The second-order valence-electron chi connectivity index (χ2n) is 5.90. The molecule has 0 saturated heterocycles. The first-order valence-electron chi connectivity index (χ1n) is 7.47. The smallest absolute Gasteiger partial charge is 0.0243 e. The van der Waals surface area contributed by atoms with E-state index in [1.807, 2.05) is 0 Å². The van der Waals surface area contributed by atoms with Crippen LogP contribution in [-0.2, 0) is 0 Å². The van der Waals surface area contributed by atoms with Gasteiger partial charge in [0.15, 0.2) is 0 Å². The van der Waals surface area contributed by atoms with E-state index in [9.17, 15) is 0 Å². The Kier molecular flexibility index (Phi) is 9.85. The van der Waals surface area contributed by atoms with Crippen molar-refractivity contribution in [2.24, 2.45) is 11.8 Å². The third-order valence-electron chi connectivity index (χ3n) is 3.17. The fourth-order valence-electron chi connectivity index (χ4n) is 2.32. The molecule has 1 unspecified atom stereocenters. The van der Waals surface area contributed by atoms with Crippen LogP contribution in [0, 0.1) is 11.8 Å². The van der Waals surface area contributed by atoms with Crippen LogP contribution >= 0.6 is 0 Å². The summed E-state index contributed by atoms with van der Waals surface area (Å²) >= 11 is 0. The van der Waals surface area contributed by atoms with E-state index in [-0.39, 0.29) is 0 Å². The molecule has 0 amide bonds. The average molecular weight is 242 g/mol. The second kappa shape index (κ2) is 9.90. The van der Waals surface area contributed by atoms with Crippen molar-refractivity contribution in [3.63, 3.8) is 0 Å². The van der Waals surface area contributed by atoms with E-state index in [4.69, 9.17) is 0 Å². The molecule has 0 saturated carbocycles. The van der Waals surface area contributed by atoms with Gasteiger partial charge in [0.2, 0.25) is 0 Å². The Labute approximate surface area is 109 Å². The van der Waals surface area contributed by atoms with Gasteiger partial charge in [0.05, 0.1) is 0 Å². The first-order chi connectivity index (χ1) is 8.02. The molecule has 1 N–H and O–H groups in total. The van der Waals surface area contributed by atoms with Gasteiger partial charge in [-0.1, -0.05) is 41.5 Å². The van der Waals surface area contributed by atoms with E-state index < -0.39 is 0 Å². The van der Waals surface area contributed by atoms with Crippen LogP contribution in [0.3, 0.4) is 0 Å². The molecule has 0 aromatic carbocycles. The molecular weight excluding hydrogens is 208 g/mol. The standard InChI is InChI=1S/C15H34N2/c1-7-9-17(10-8-2)15(14(5)6)12-16-11-13(3)4/h13-16H,7-12H2,1-6H3. The molecule has 0 bridgehead atoms. The Balaban J connectivity index is 4.24. The fourth-order valence-corrected chi connectivity index (χ4v) is 2.32. The largest absolute Gasteiger partial charge is 0.315 e. The van der Waals surface area contributed by atoms with Gasteiger partial charge in [0.25, 0.3) is 0 Å². The summed E-state index contributed by atoms with van der Waals surface area (Å²) in [5, 5.41) is 3.62. The van der Waals surface area contributed by atoms with Crippen LogP contribution in [0.2, 0.25) is 0 Å². The zero-order chi connectivity index (χ0) is 13.3. The molecule has 0 aromatic rings. The Morgan fingerprint density at radius 1 is 0.882 bits per heavy atom. The van der Waals surface area contributed by atoms with Gasteiger partial charge < -0.3 is 5.32 Å². The van der Waals surface area contributed by atoms with Crippen molar-refractivity contribution in [1.29, 1.82) is 0 Å². The Bertz CT molecular complexity index is 160. The average Bonchev–Trinajstić information content (AvgIpc) is 2.23. The lowest BCUT2D eigenvalue weighted by Gasteiger charge is -2.34. The zero-order valence-electron chi connectivity index (χ0n) is 12.9. The van der Waals surface area contributed by atoms with Gasteiger partial charge in [-0.25, -0.2) is 0 Å². The van der Waals surface area contributed by atoms with Crippen LogP contribution in [0.5, 0.6) is 0 Å². The minimum atomic E-state index is 0.689. The molecule has 0 rings (SSSR count). The summed E-state index contributed by atoms with van der Waals surface area (Å²) in [5.74, 6) is 1.47. The second-order valence-corrected chi connectivity index (χ2v) is 5.90. The molecule has 0 spiro atoms. The minimum Gasteiger partial charge on any atom is -0.315 e. The normalized spacial score (nSPS) is 13.9. The van der Waals surface area contributed by atoms with E-state index in [2.05, 4.69) is 51.8 Å². The highest BCUT2D eigenvalue weighted by molar-refractivity contribution is 4.77. The third-order valence-corrected chi connectivity index (χ3v) is 3.17. The topological polar surface area (TPSA) is 15.3 Å². The van der Waals surface area contributed by atoms with Crippen LogP contribution in [0.15, 0.2) is 0 Å². The molecule has 0 aliphatic rings. The van der Waals surface area contributed by atoms with Gasteiger partial charge in [-0.15, -0.1) is 0 Å². The summed E-state index contributed by atoms with van der Waals surface area (Å²) in [4.78, 5) is 2.66. The molecule has 0 aliphatic carbocycles. The molecule has 104 valence electrons. The molecule has 0 radical (unpaired) electrons. The van der Waals surface area contributed by atoms with Crippen molar-refractivity contribution in [2.45, 2.75) is 60.4 Å². The molecule has 2 heteroatoms. The van der Waals surface area contributed by atoms with Gasteiger partial charge in [-0.3, -0.25) is 4.90 Å². The van der Waals surface area contributed by atoms with Gasteiger partial charge in [0.1, 0.15) is 0 Å². The lowest BCUT2D eigenvalue weighted by atomic mass is 10.0. The Hall–Kier alpha value is -0.0800. The van der Waals surface area contributed by atoms with Crippen molar-refractivity contribution in [1.82, 2.24) is 10.2 Å². The summed E-state index contributed by atoms with van der Waals surface area (Å²) < 4.78 is 0. The van der Waals surface area contributed by atoms with Gasteiger partial charge in [-0.2, -0.15) is 0 Å². The summed E-state index contributed by atoms with van der Waals surface area (Å²) in [6, 6.07) is 0.689. The van der Waals surface area contributed by atoms with Crippen molar-refractivity contribution in [2.75, 3.05) is 26.2 Å². The molecule has 1 atom stereocenters. The summed E-state index contributed by atoms with van der Waals surface area (Å²) in [5.41, 5.74) is 0. The monoisotopic (exact) mass is 242 g/mol. The quantitative estimate of drug-likeness (QED) is 0.632. The molecular formula is C15H34N2. The highest BCUT2D eigenvalue weighted by Crippen LogP contribution is 2.11. The van der Waals surface area contributed by atoms with Crippen LogP contribution < -0.4 is 5.32 Å². The van der Waals surface area contributed by atoms with Gasteiger partial charge in [-0.05, 0) is 44.3 Å². The maximum atomic E-state index is 3.62. The van der Waals surface area contributed by atoms with E-state index in [1.165, 1.54) is 25.9 Å². The molecule has 2 nitrogen and oxygen atoms in total. The van der Waals surface area contributed by atoms with Gasteiger partial charge >= 0.3 is 0 Å². The number of hydrogen-bond acceptors (Lipinski definition) is 2. The van der Waals surface area contributed by atoms with Crippen molar-refractivity contribution in [3.05, 3.63) is 0 Å². The van der Waals surface area contributed by atoms with Crippen molar-refractivity contribution in [3.8, 4) is 0 Å². The molecule has 0 aliphatic heterocycles. The zero-order valence-corrected chi connectivity index (χ0v) is 12.9. The first kappa shape index (κ1) is 16.9. The Morgan fingerprint density at radius 2 is 1.41 bits per heavy atom. The van der Waals surface area contributed by atoms with E-state index in [0.29, 0.717) is 6.04 Å².